The fraction of sp³-hybridized carbons (Fsp3) is 0.565. The van der Waals surface area contributed by atoms with E-state index in [0.29, 0.717) is 62.9 Å². The highest BCUT2D eigenvalue weighted by atomic mass is 16.5. The maximum atomic E-state index is 12.4. The van der Waals surface area contributed by atoms with Crippen molar-refractivity contribution < 1.29 is 14.3 Å². The smallest absolute Gasteiger partial charge is 0.251 e. The van der Waals surface area contributed by atoms with Crippen molar-refractivity contribution in [2.75, 3.05) is 68.1 Å². The second-order valence-electron chi connectivity index (χ2n) is 8.25. The minimum atomic E-state index is -0.158. The van der Waals surface area contributed by atoms with Gasteiger partial charge < -0.3 is 36.1 Å². The quantitative estimate of drug-likeness (QED) is 0.301. The number of nitrogens with two attached hydrogens (primary N) is 1. The van der Waals surface area contributed by atoms with Crippen molar-refractivity contribution in [2.45, 2.75) is 32.7 Å². The number of nitrogens with one attached hydrogen (secondary N) is 3. The summed E-state index contributed by atoms with van der Waals surface area (Å²) < 4.78 is 10.6. The van der Waals surface area contributed by atoms with E-state index in [0.717, 1.165) is 31.6 Å². The van der Waals surface area contributed by atoms with E-state index in [2.05, 4.69) is 35.8 Å². The monoisotopic (exact) mass is 472 g/mol. The lowest BCUT2D eigenvalue weighted by Gasteiger charge is -2.18. The summed E-state index contributed by atoms with van der Waals surface area (Å²) in [4.78, 5) is 28.2. The molecule has 1 amide bonds. The second-order valence-corrected chi connectivity index (χ2v) is 8.25. The van der Waals surface area contributed by atoms with Crippen molar-refractivity contribution in [1.82, 2.24) is 20.3 Å². The number of rotatable bonds is 14. The van der Waals surface area contributed by atoms with Crippen LogP contribution in [0.2, 0.25) is 0 Å². The SMILES string of the molecule is CC(C)Nc1nc(Nc2ccc(C(=O)NCCOCCOCCN)cc2)nc(N2CCCC2)n1. The van der Waals surface area contributed by atoms with Gasteiger partial charge in [0.2, 0.25) is 17.8 Å². The van der Waals surface area contributed by atoms with Gasteiger partial charge in [-0.25, -0.2) is 0 Å². The molecule has 11 nitrogen and oxygen atoms in total. The Hall–Kier alpha value is -3.02. The molecule has 5 N–H and O–H groups in total. The van der Waals surface area contributed by atoms with Crippen molar-refractivity contribution in [1.29, 1.82) is 0 Å². The van der Waals surface area contributed by atoms with Gasteiger partial charge in [-0.3, -0.25) is 4.79 Å². The van der Waals surface area contributed by atoms with E-state index < -0.39 is 0 Å². The fourth-order valence-electron chi connectivity index (χ4n) is 3.38. The van der Waals surface area contributed by atoms with Gasteiger partial charge in [0.25, 0.3) is 5.91 Å². The molecule has 0 spiro atoms. The first-order valence-electron chi connectivity index (χ1n) is 11.8. The zero-order valence-corrected chi connectivity index (χ0v) is 20.0. The average Bonchev–Trinajstić information content (AvgIpc) is 3.36. The van der Waals surface area contributed by atoms with Crippen LogP contribution in [0.25, 0.3) is 0 Å². The molecule has 0 unspecified atom stereocenters. The standard InChI is InChI=1S/C23H36N8O3/c1-17(2)26-21-28-22(30-23(29-21)31-11-3-4-12-31)27-19-7-5-18(6-8-19)20(32)25-10-14-34-16-15-33-13-9-24/h5-8,17H,3-4,9-16,24H2,1-2H3,(H,25,32)(H2,26,27,28,29,30). The molecule has 0 bridgehead atoms. The van der Waals surface area contributed by atoms with Gasteiger partial charge >= 0.3 is 0 Å². The van der Waals surface area contributed by atoms with E-state index in [9.17, 15) is 4.79 Å². The van der Waals surface area contributed by atoms with E-state index in [1.807, 2.05) is 26.0 Å². The number of amides is 1. The van der Waals surface area contributed by atoms with Gasteiger partial charge in [-0.1, -0.05) is 0 Å². The highest BCUT2D eigenvalue weighted by molar-refractivity contribution is 5.94. The van der Waals surface area contributed by atoms with Crippen LogP contribution in [0.5, 0.6) is 0 Å². The predicted molar refractivity (Wildman–Crippen MR) is 133 cm³/mol. The summed E-state index contributed by atoms with van der Waals surface area (Å²) in [5.41, 5.74) is 6.69. The number of aromatic nitrogens is 3. The molecule has 1 saturated heterocycles. The molecule has 0 aliphatic carbocycles. The molecule has 0 atom stereocenters. The molecular weight excluding hydrogens is 436 g/mol. The van der Waals surface area contributed by atoms with E-state index in [1.165, 1.54) is 0 Å². The van der Waals surface area contributed by atoms with E-state index >= 15 is 0 Å². The Morgan fingerprint density at radius 1 is 1.00 bits per heavy atom. The first-order chi connectivity index (χ1) is 16.5. The summed E-state index contributed by atoms with van der Waals surface area (Å²) in [7, 11) is 0. The summed E-state index contributed by atoms with van der Waals surface area (Å²) in [6, 6.07) is 7.38. The van der Waals surface area contributed by atoms with Crippen LogP contribution in [0.3, 0.4) is 0 Å². The number of nitrogens with zero attached hydrogens (tertiary/aromatic N) is 4. The van der Waals surface area contributed by atoms with Gasteiger partial charge in [-0.2, -0.15) is 15.0 Å². The minimum Gasteiger partial charge on any atom is -0.378 e. The van der Waals surface area contributed by atoms with Gasteiger partial charge in [0.15, 0.2) is 0 Å². The number of hydrogen-bond donors (Lipinski definition) is 4. The van der Waals surface area contributed by atoms with Crippen molar-refractivity contribution >= 4 is 29.4 Å². The lowest BCUT2D eigenvalue weighted by molar-refractivity contribution is 0.0511. The Kier molecular flexibility index (Phi) is 10.3. The van der Waals surface area contributed by atoms with Crippen molar-refractivity contribution in [3.05, 3.63) is 29.8 Å². The third kappa shape index (κ3) is 8.40. The Labute approximate surface area is 200 Å². The number of anilines is 4. The van der Waals surface area contributed by atoms with Crippen molar-refractivity contribution in [3.8, 4) is 0 Å². The largest absolute Gasteiger partial charge is 0.378 e. The van der Waals surface area contributed by atoms with Gasteiger partial charge in [0, 0.05) is 43.5 Å². The molecule has 0 radical (unpaired) electrons. The molecular formula is C23H36N8O3. The summed E-state index contributed by atoms with van der Waals surface area (Å²) in [5.74, 6) is 1.51. The zero-order chi connectivity index (χ0) is 24.2. The van der Waals surface area contributed by atoms with Gasteiger partial charge in [0.1, 0.15) is 0 Å². The highest BCUT2D eigenvalue weighted by Gasteiger charge is 2.18. The van der Waals surface area contributed by atoms with E-state index in [-0.39, 0.29) is 11.9 Å². The highest BCUT2D eigenvalue weighted by Crippen LogP contribution is 2.21. The van der Waals surface area contributed by atoms with E-state index in [1.54, 1.807) is 12.1 Å². The predicted octanol–water partition coefficient (Wildman–Crippen LogP) is 1.76. The van der Waals surface area contributed by atoms with Crippen LogP contribution in [0.1, 0.15) is 37.0 Å². The number of ether oxygens (including phenoxy) is 2. The summed E-state index contributed by atoms with van der Waals surface area (Å²) in [6.07, 6.45) is 2.28. The molecule has 1 aromatic heterocycles. The Morgan fingerprint density at radius 2 is 1.68 bits per heavy atom. The first kappa shape index (κ1) is 25.6. The molecule has 2 heterocycles. The fourth-order valence-corrected chi connectivity index (χ4v) is 3.38. The Morgan fingerprint density at radius 3 is 2.35 bits per heavy atom. The molecule has 0 saturated carbocycles. The topological polar surface area (TPSA) is 140 Å². The summed E-state index contributed by atoms with van der Waals surface area (Å²) in [6.45, 7) is 8.80. The Balaban J connectivity index is 1.52. The molecule has 1 aliphatic rings. The van der Waals surface area contributed by atoms with Crippen LogP contribution in [-0.2, 0) is 9.47 Å². The zero-order valence-electron chi connectivity index (χ0n) is 20.0. The van der Waals surface area contributed by atoms with Crippen LogP contribution < -0.4 is 26.6 Å². The molecule has 1 fully saturated rings. The average molecular weight is 473 g/mol. The van der Waals surface area contributed by atoms with E-state index in [4.69, 9.17) is 15.2 Å². The molecule has 2 aromatic rings. The normalized spacial score (nSPS) is 13.4. The van der Waals surface area contributed by atoms with Crippen LogP contribution in [-0.4, -0.2) is 79.5 Å². The van der Waals surface area contributed by atoms with Gasteiger partial charge in [-0.05, 0) is 51.0 Å². The van der Waals surface area contributed by atoms with Crippen molar-refractivity contribution in [3.63, 3.8) is 0 Å². The third-order valence-electron chi connectivity index (χ3n) is 5.00. The lowest BCUT2D eigenvalue weighted by Crippen LogP contribution is -2.27. The van der Waals surface area contributed by atoms with Gasteiger partial charge in [0.05, 0.1) is 26.4 Å². The lowest BCUT2D eigenvalue weighted by atomic mass is 10.2. The van der Waals surface area contributed by atoms with Crippen LogP contribution in [0, 0.1) is 0 Å². The van der Waals surface area contributed by atoms with Crippen molar-refractivity contribution in [2.24, 2.45) is 5.73 Å². The molecule has 1 aromatic carbocycles. The number of benzene rings is 1. The van der Waals surface area contributed by atoms with Crippen LogP contribution in [0.4, 0.5) is 23.5 Å². The summed E-state index contributed by atoms with van der Waals surface area (Å²) in [5, 5.41) is 9.33. The molecule has 3 rings (SSSR count). The second kappa shape index (κ2) is 13.6. The molecule has 11 heteroatoms. The number of hydrogen-bond acceptors (Lipinski definition) is 10. The maximum Gasteiger partial charge on any atom is 0.251 e. The molecule has 1 aliphatic heterocycles. The number of carbonyl (C=O) groups is 1. The first-order valence-corrected chi connectivity index (χ1v) is 11.8. The Bertz CT molecular complexity index is 888. The third-order valence-corrected chi connectivity index (χ3v) is 5.00. The maximum absolute atomic E-state index is 12.4. The van der Waals surface area contributed by atoms with Crippen LogP contribution >= 0.6 is 0 Å². The molecule has 34 heavy (non-hydrogen) atoms. The van der Waals surface area contributed by atoms with Gasteiger partial charge in [-0.15, -0.1) is 0 Å². The van der Waals surface area contributed by atoms with Crippen LogP contribution in [0.15, 0.2) is 24.3 Å². The number of carbonyl (C=O) groups excluding carboxylic acids is 1. The molecule has 186 valence electrons. The summed E-state index contributed by atoms with van der Waals surface area (Å²) >= 11 is 0. The minimum absolute atomic E-state index is 0.158.